The van der Waals surface area contributed by atoms with E-state index in [1.54, 1.807) is 32.2 Å². The van der Waals surface area contributed by atoms with E-state index in [1.165, 1.54) is 12.3 Å². The normalized spacial score (nSPS) is 13.0. The average molecular weight is 526 g/mol. The summed E-state index contributed by atoms with van der Waals surface area (Å²) in [6.07, 6.45) is -4.01. The Labute approximate surface area is 204 Å². The maximum Gasteiger partial charge on any atom is 0.492 e. The highest BCUT2D eigenvalue weighted by Crippen LogP contribution is 2.30. The smallest absolute Gasteiger partial charge is 0.392 e. The van der Waals surface area contributed by atoms with Gasteiger partial charge >= 0.3 is 12.1 Å². The van der Waals surface area contributed by atoms with Crippen molar-refractivity contribution in [2.75, 3.05) is 12.3 Å². The minimum Gasteiger partial charge on any atom is -0.392 e. The van der Waals surface area contributed by atoms with Gasteiger partial charge in [0.1, 0.15) is 11.5 Å². The van der Waals surface area contributed by atoms with Crippen LogP contribution in [0.25, 0.3) is 22.5 Å². The van der Waals surface area contributed by atoms with E-state index >= 15 is 0 Å². The third-order valence-corrected chi connectivity index (χ3v) is 6.46. The van der Waals surface area contributed by atoms with Crippen molar-refractivity contribution in [3.63, 3.8) is 0 Å². The maximum absolute atomic E-state index is 13.1. The Morgan fingerprint density at radius 1 is 1.19 bits per heavy atom. The minimum absolute atomic E-state index is 0.118. The molecule has 3 rings (SSSR count). The molecule has 2 aromatic heterocycles. The van der Waals surface area contributed by atoms with Gasteiger partial charge in [-0.15, -0.1) is 0 Å². The topological polar surface area (TPSA) is 149 Å². The van der Waals surface area contributed by atoms with Gasteiger partial charge in [-0.25, -0.2) is 23.2 Å². The van der Waals surface area contributed by atoms with E-state index < -0.39 is 39.7 Å². The molecule has 192 valence electrons. The van der Waals surface area contributed by atoms with Gasteiger partial charge in [0.15, 0.2) is 0 Å². The number of nitrogens with two attached hydrogens (primary N) is 1. The summed E-state index contributed by atoms with van der Waals surface area (Å²) in [6.45, 7) is 3.63. The highest BCUT2D eigenvalue weighted by atomic mass is 32.2. The molecule has 10 nitrogen and oxygen atoms in total. The molecule has 0 saturated heterocycles. The third-order valence-electron chi connectivity index (χ3n) is 4.85. The average Bonchev–Trinajstić information content (AvgIpc) is 2.78. The molecule has 0 saturated carbocycles. The fourth-order valence-corrected chi connectivity index (χ4v) is 4.45. The van der Waals surface area contributed by atoms with Gasteiger partial charge in [-0.1, -0.05) is 6.07 Å². The second-order valence-corrected chi connectivity index (χ2v) is 9.70. The van der Waals surface area contributed by atoms with Crippen LogP contribution in [-0.4, -0.2) is 57.7 Å². The lowest BCUT2D eigenvalue weighted by molar-refractivity contribution is -0.224. The number of aromatic nitrogens is 3. The third kappa shape index (κ3) is 5.95. The summed E-state index contributed by atoms with van der Waals surface area (Å²) in [4.78, 5) is 27.7. The number of aliphatic hydroxyl groups is 1. The highest BCUT2D eigenvalue weighted by Gasteiger charge is 2.45. The van der Waals surface area contributed by atoms with Crippen LogP contribution in [0.3, 0.4) is 0 Å². The molecule has 0 bridgehead atoms. The summed E-state index contributed by atoms with van der Waals surface area (Å²) in [7, 11) is -4.83. The molecule has 0 aliphatic carbocycles. The van der Waals surface area contributed by atoms with E-state index in [9.17, 15) is 31.5 Å². The number of carbonyl (C=O) groups excluding carboxylic acids is 1. The number of hydrogen-bond acceptors (Lipinski definition) is 9. The van der Waals surface area contributed by atoms with E-state index in [4.69, 9.17) is 5.73 Å². The number of halogens is 3. The number of nitrogen functional groups attached to an aromatic ring is 1. The molecule has 0 fully saturated rings. The zero-order chi connectivity index (χ0) is 26.8. The molecule has 0 radical (unpaired) electrons. The fourth-order valence-electron chi connectivity index (χ4n) is 3.13. The number of aryl methyl sites for hydroxylation is 2. The van der Waals surface area contributed by atoms with Crippen molar-refractivity contribution < 1.29 is 36.3 Å². The number of aliphatic hydroxyl groups excluding tert-OH is 1. The summed E-state index contributed by atoms with van der Waals surface area (Å²) in [6, 6.07) is 7.10. The van der Waals surface area contributed by atoms with E-state index in [-0.39, 0.29) is 21.5 Å². The van der Waals surface area contributed by atoms with Gasteiger partial charge in [-0.2, -0.15) is 13.2 Å². The molecule has 3 aromatic rings. The Morgan fingerprint density at radius 3 is 2.50 bits per heavy atom. The molecule has 1 atom stereocenters. The summed E-state index contributed by atoms with van der Waals surface area (Å²) in [5.74, 6) is -2.63. The van der Waals surface area contributed by atoms with Crippen molar-refractivity contribution in [2.24, 2.45) is 0 Å². The van der Waals surface area contributed by atoms with Crippen molar-refractivity contribution >= 4 is 21.8 Å². The van der Waals surface area contributed by atoms with Crippen LogP contribution < -0.4 is 5.73 Å². The van der Waals surface area contributed by atoms with Crippen LogP contribution in [0.4, 0.5) is 19.0 Å². The van der Waals surface area contributed by atoms with Gasteiger partial charge in [0.05, 0.1) is 29.4 Å². The quantitative estimate of drug-likeness (QED) is 0.444. The van der Waals surface area contributed by atoms with Crippen molar-refractivity contribution in [2.45, 2.75) is 37.9 Å². The first-order valence-corrected chi connectivity index (χ1v) is 11.8. The van der Waals surface area contributed by atoms with Crippen molar-refractivity contribution in [3.8, 4) is 22.5 Å². The van der Waals surface area contributed by atoms with Crippen molar-refractivity contribution in [1.29, 1.82) is 0 Å². The van der Waals surface area contributed by atoms with Crippen LogP contribution in [0.1, 0.15) is 18.2 Å². The molecule has 3 N–H and O–H groups in total. The van der Waals surface area contributed by atoms with E-state index in [0.29, 0.717) is 22.5 Å². The number of rotatable bonds is 7. The molecule has 0 amide bonds. The van der Waals surface area contributed by atoms with Crippen LogP contribution >= 0.6 is 0 Å². The molecule has 36 heavy (non-hydrogen) atoms. The number of pyridine rings is 1. The van der Waals surface area contributed by atoms with Crippen LogP contribution in [0.5, 0.6) is 0 Å². The predicted octanol–water partition coefficient (Wildman–Crippen LogP) is 2.80. The van der Waals surface area contributed by atoms with E-state index in [0.717, 1.165) is 19.1 Å². The minimum atomic E-state index is -5.45. The van der Waals surface area contributed by atoms with Crippen LogP contribution in [0.15, 0.2) is 47.6 Å². The van der Waals surface area contributed by atoms with E-state index in [2.05, 4.69) is 19.8 Å². The molecular weight excluding hydrogens is 503 g/mol. The Kier molecular flexibility index (Phi) is 7.62. The molecule has 0 aliphatic rings. The second kappa shape index (κ2) is 10.2. The Hall–Kier alpha value is -3.62. The number of hydrogen-bond donors (Lipinski definition) is 2. The number of alkyl halides is 3. The summed E-state index contributed by atoms with van der Waals surface area (Å²) in [5.41, 5.74) is 8.73. The first kappa shape index (κ1) is 27.0. The van der Waals surface area contributed by atoms with Crippen molar-refractivity contribution in [1.82, 2.24) is 19.4 Å². The van der Waals surface area contributed by atoms with Crippen LogP contribution in [0.2, 0.25) is 0 Å². The number of nitrogens with zero attached hydrogens (tertiary/aromatic N) is 4. The fraction of sp³-hybridized carbons (Fsp3) is 0.273. The van der Waals surface area contributed by atoms with Crippen LogP contribution in [-0.2, 0) is 19.7 Å². The Bertz CT molecular complexity index is 1400. The Morgan fingerprint density at radius 2 is 1.89 bits per heavy atom. The SMILES string of the molecule is Cc1cc(-c2nc(-c3cc(S(=O)(=O)N(C[C@@H](C)O)OC(=O)C(F)(F)F)ccc3C)cnc2N)ccn1. The molecule has 2 heterocycles. The molecule has 14 heteroatoms. The molecule has 1 aromatic carbocycles. The summed E-state index contributed by atoms with van der Waals surface area (Å²) < 4.78 is 64.2. The summed E-state index contributed by atoms with van der Waals surface area (Å²) in [5, 5.41) is 9.60. The molecule has 0 aliphatic heterocycles. The number of anilines is 1. The lowest BCUT2D eigenvalue weighted by Gasteiger charge is -2.23. The van der Waals surface area contributed by atoms with Crippen LogP contribution in [0, 0.1) is 13.8 Å². The van der Waals surface area contributed by atoms with Gasteiger partial charge in [0.25, 0.3) is 10.0 Å². The number of carbonyl (C=O) groups is 1. The monoisotopic (exact) mass is 525 g/mol. The lowest BCUT2D eigenvalue weighted by Crippen LogP contribution is -2.41. The standard InChI is InChI=1S/C22H22F3N5O5S/c1-12-4-5-16(36(33,34)30(11-14(3)31)35-21(32)22(23,24)25)9-17(12)18-10-28-20(26)19(29-18)15-6-7-27-13(2)8-15/h4-10,14,31H,11H2,1-3H3,(H2,26,28)/t14-/m1/s1. The van der Waals surface area contributed by atoms with Crippen molar-refractivity contribution in [3.05, 3.63) is 54.0 Å². The first-order valence-electron chi connectivity index (χ1n) is 10.4. The highest BCUT2D eigenvalue weighted by molar-refractivity contribution is 7.89. The Balaban J connectivity index is 2.08. The maximum atomic E-state index is 13.1. The zero-order valence-corrected chi connectivity index (χ0v) is 20.1. The number of benzene rings is 1. The van der Waals surface area contributed by atoms with Gasteiger partial charge in [-0.05, 0) is 55.1 Å². The first-order chi connectivity index (χ1) is 16.7. The number of hydroxylamine groups is 1. The van der Waals surface area contributed by atoms with Gasteiger partial charge in [0, 0.05) is 23.0 Å². The summed E-state index contributed by atoms with van der Waals surface area (Å²) >= 11 is 0. The van der Waals surface area contributed by atoms with E-state index in [1.807, 2.05) is 0 Å². The lowest BCUT2D eigenvalue weighted by atomic mass is 10.1. The van der Waals surface area contributed by atoms with Gasteiger partial charge < -0.3 is 15.7 Å². The molecular formula is C22H22F3N5O5S. The number of sulfonamides is 1. The zero-order valence-electron chi connectivity index (χ0n) is 19.3. The van der Waals surface area contributed by atoms with Gasteiger partial charge in [0.2, 0.25) is 0 Å². The predicted molar refractivity (Wildman–Crippen MR) is 122 cm³/mol. The largest absolute Gasteiger partial charge is 0.492 e. The second-order valence-electron chi connectivity index (χ2n) is 7.87. The van der Waals surface area contributed by atoms with Gasteiger partial charge in [-0.3, -0.25) is 4.98 Å². The molecule has 0 spiro atoms. The molecule has 0 unspecified atom stereocenters.